The van der Waals surface area contributed by atoms with E-state index in [1.165, 1.54) is 25.0 Å². The summed E-state index contributed by atoms with van der Waals surface area (Å²) in [5, 5.41) is 5.24. The van der Waals surface area contributed by atoms with Crippen molar-refractivity contribution in [1.29, 1.82) is 0 Å². The van der Waals surface area contributed by atoms with Crippen molar-refractivity contribution in [2.24, 2.45) is 0 Å². The lowest BCUT2D eigenvalue weighted by Gasteiger charge is -2.19. The first-order chi connectivity index (χ1) is 8.33. The van der Waals surface area contributed by atoms with E-state index in [9.17, 15) is 0 Å². The number of aromatic nitrogens is 3. The first-order valence-electron chi connectivity index (χ1n) is 5.94. The summed E-state index contributed by atoms with van der Waals surface area (Å²) in [5.41, 5.74) is 0.920. The fraction of sp³-hybridized carbons (Fsp3) is 0.500. The van der Waals surface area contributed by atoms with Gasteiger partial charge < -0.3 is 0 Å². The second-order valence-corrected chi connectivity index (χ2v) is 6.61. The lowest BCUT2D eigenvalue weighted by Crippen LogP contribution is -2.13. The van der Waals surface area contributed by atoms with E-state index in [0.717, 1.165) is 22.4 Å². The van der Waals surface area contributed by atoms with Crippen molar-refractivity contribution in [2.45, 2.75) is 30.9 Å². The molecule has 0 spiro atoms. The summed E-state index contributed by atoms with van der Waals surface area (Å²) in [4.78, 5) is 4.60. The summed E-state index contributed by atoms with van der Waals surface area (Å²) in [6.07, 6.45) is 6.98. The van der Waals surface area contributed by atoms with E-state index < -0.39 is 0 Å². The maximum atomic E-state index is 4.60. The Morgan fingerprint density at radius 1 is 1.47 bits per heavy atom. The molecular formula is C12H14BrN3S. The van der Waals surface area contributed by atoms with Gasteiger partial charge in [-0.2, -0.15) is 16.9 Å². The molecule has 0 bridgehead atoms. The number of rotatable bonds is 2. The van der Waals surface area contributed by atoms with Crippen LogP contribution in [0.3, 0.4) is 0 Å². The van der Waals surface area contributed by atoms with Crippen LogP contribution >= 0.6 is 27.7 Å². The summed E-state index contributed by atoms with van der Waals surface area (Å²) >= 11 is 5.58. The minimum absolute atomic E-state index is 0.708. The number of pyridine rings is 1. The van der Waals surface area contributed by atoms with Gasteiger partial charge in [-0.25, -0.2) is 9.50 Å². The van der Waals surface area contributed by atoms with Gasteiger partial charge in [-0.15, -0.1) is 0 Å². The summed E-state index contributed by atoms with van der Waals surface area (Å²) in [6, 6.07) is 3.98. The Labute approximate surface area is 113 Å². The Morgan fingerprint density at radius 2 is 2.41 bits per heavy atom. The highest BCUT2D eigenvalue weighted by Crippen LogP contribution is 2.27. The number of nitrogens with zero attached hydrogens (tertiary/aromatic N) is 3. The Balaban J connectivity index is 1.83. The molecule has 0 N–H and O–H groups in total. The van der Waals surface area contributed by atoms with Gasteiger partial charge in [0.2, 0.25) is 0 Å². The molecule has 1 atom stereocenters. The first-order valence-corrected chi connectivity index (χ1v) is 7.78. The number of halogens is 1. The fourth-order valence-electron chi connectivity index (χ4n) is 2.18. The Hall–Kier alpha value is -0.550. The average molecular weight is 312 g/mol. The molecular weight excluding hydrogens is 298 g/mol. The zero-order valence-corrected chi connectivity index (χ0v) is 11.9. The van der Waals surface area contributed by atoms with Crippen molar-refractivity contribution in [3.8, 4) is 0 Å². The third-order valence-corrected chi connectivity index (χ3v) is 5.06. The molecule has 5 heteroatoms. The molecule has 17 heavy (non-hydrogen) atoms. The Morgan fingerprint density at radius 3 is 3.18 bits per heavy atom. The zero-order valence-electron chi connectivity index (χ0n) is 9.47. The quantitative estimate of drug-likeness (QED) is 0.852. The molecule has 1 unspecified atom stereocenters. The van der Waals surface area contributed by atoms with Gasteiger partial charge in [-0.05, 0) is 46.7 Å². The molecule has 1 saturated heterocycles. The smallest absolute Gasteiger partial charge is 0.169 e. The van der Waals surface area contributed by atoms with Crippen molar-refractivity contribution >= 4 is 33.3 Å². The molecule has 0 saturated carbocycles. The maximum absolute atomic E-state index is 4.60. The van der Waals surface area contributed by atoms with Crippen LogP contribution in [0.25, 0.3) is 5.65 Å². The molecule has 0 radical (unpaired) electrons. The van der Waals surface area contributed by atoms with E-state index in [0.29, 0.717) is 5.25 Å². The molecule has 0 aliphatic carbocycles. The minimum Gasteiger partial charge on any atom is -0.220 e. The topological polar surface area (TPSA) is 30.2 Å². The Kier molecular flexibility index (Phi) is 3.38. The SMILES string of the molecule is Brc1cccn2nc(CC3CCCCS3)nc12. The van der Waals surface area contributed by atoms with Gasteiger partial charge in [0, 0.05) is 17.9 Å². The fourth-order valence-corrected chi connectivity index (χ4v) is 3.90. The molecule has 90 valence electrons. The second-order valence-electron chi connectivity index (χ2n) is 4.35. The highest BCUT2D eigenvalue weighted by molar-refractivity contribution is 9.10. The summed E-state index contributed by atoms with van der Waals surface area (Å²) in [6.45, 7) is 0. The van der Waals surface area contributed by atoms with Crippen LogP contribution in [0.1, 0.15) is 25.1 Å². The summed E-state index contributed by atoms with van der Waals surface area (Å²) < 4.78 is 2.86. The molecule has 0 amide bonds. The number of hydrogen-bond donors (Lipinski definition) is 0. The first kappa shape index (κ1) is 11.5. The van der Waals surface area contributed by atoms with Crippen molar-refractivity contribution in [2.75, 3.05) is 5.75 Å². The van der Waals surface area contributed by atoms with Gasteiger partial charge in [-0.1, -0.05) is 6.42 Å². The van der Waals surface area contributed by atoms with Crippen LogP contribution in [0.4, 0.5) is 0 Å². The monoisotopic (exact) mass is 311 g/mol. The van der Waals surface area contributed by atoms with Crippen LogP contribution in [0.15, 0.2) is 22.8 Å². The van der Waals surface area contributed by atoms with Crippen LogP contribution in [-0.2, 0) is 6.42 Å². The molecule has 2 aromatic heterocycles. The van der Waals surface area contributed by atoms with Gasteiger partial charge >= 0.3 is 0 Å². The van der Waals surface area contributed by atoms with E-state index in [2.05, 4.69) is 37.8 Å². The molecule has 1 aliphatic heterocycles. The largest absolute Gasteiger partial charge is 0.220 e. The molecule has 3 heterocycles. The van der Waals surface area contributed by atoms with E-state index in [-0.39, 0.29) is 0 Å². The third kappa shape index (κ3) is 2.50. The summed E-state index contributed by atoms with van der Waals surface area (Å²) in [7, 11) is 0. The third-order valence-electron chi connectivity index (χ3n) is 3.04. The van der Waals surface area contributed by atoms with E-state index in [1.54, 1.807) is 0 Å². The minimum atomic E-state index is 0.708. The van der Waals surface area contributed by atoms with Gasteiger partial charge in [0.05, 0.1) is 4.47 Å². The van der Waals surface area contributed by atoms with Crippen LogP contribution < -0.4 is 0 Å². The normalized spacial score (nSPS) is 20.9. The number of hydrogen-bond acceptors (Lipinski definition) is 3. The predicted molar refractivity (Wildman–Crippen MR) is 74.5 cm³/mol. The number of fused-ring (bicyclic) bond motifs is 1. The lowest BCUT2D eigenvalue weighted by atomic mass is 10.1. The van der Waals surface area contributed by atoms with E-state index in [1.807, 2.05) is 22.8 Å². The molecule has 3 nitrogen and oxygen atoms in total. The maximum Gasteiger partial charge on any atom is 0.169 e. The average Bonchev–Trinajstić information content (AvgIpc) is 2.74. The van der Waals surface area contributed by atoms with Crippen molar-refractivity contribution in [3.05, 3.63) is 28.6 Å². The molecule has 0 aromatic carbocycles. The van der Waals surface area contributed by atoms with Crippen molar-refractivity contribution in [3.63, 3.8) is 0 Å². The summed E-state index contributed by atoms with van der Waals surface area (Å²) in [5.74, 6) is 2.26. The van der Waals surface area contributed by atoms with Gasteiger partial charge in [-0.3, -0.25) is 0 Å². The van der Waals surface area contributed by atoms with Crippen LogP contribution in [0, 0.1) is 0 Å². The predicted octanol–water partition coefficient (Wildman–Crippen LogP) is 3.32. The van der Waals surface area contributed by atoms with E-state index >= 15 is 0 Å². The molecule has 1 aliphatic rings. The van der Waals surface area contributed by atoms with Crippen LogP contribution in [-0.4, -0.2) is 25.6 Å². The number of thioether (sulfide) groups is 1. The van der Waals surface area contributed by atoms with Gasteiger partial charge in [0.15, 0.2) is 11.5 Å². The molecule has 2 aromatic rings. The molecule has 3 rings (SSSR count). The standard InChI is InChI=1S/C12H14BrN3S/c13-10-5-3-6-16-12(10)14-11(15-16)8-9-4-1-2-7-17-9/h3,5-6,9H,1-2,4,7-8H2. The zero-order chi connectivity index (χ0) is 11.7. The van der Waals surface area contributed by atoms with Gasteiger partial charge in [0.1, 0.15) is 0 Å². The van der Waals surface area contributed by atoms with Crippen LogP contribution in [0.5, 0.6) is 0 Å². The van der Waals surface area contributed by atoms with Crippen molar-refractivity contribution in [1.82, 2.24) is 14.6 Å². The highest BCUT2D eigenvalue weighted by atomic mass is 79.9. The van der Waals surface area contributed by atoms with E-state index in [4.69, 9.17) is 0 Å². The molecule has 1 fully saturated rings. The highest BCUT2D eigenvalue weighted by Gasteiger charge is 2.17. The lowest BCUT2D eigenvalue weighted by molar-refractivity contribution is 0.647. The van der Waals surface area contributed by atoms with Gasteiger partial charge in [0.25, 0.3) is 0 Å². The second kappa shape index (κ2) is 4.98. The van der Waals surface area contributed by atoms with Crippen molar-refractivity contribution < 1.29 is 0 Å². The Bertz CT molecular complexity index is 519. The van der Waals surface area contributed by atoms with Crippen LogP contribution in [0.2, 0.25) is 0 Å².